The highest BCUT2D eigenvalue weighted by atomic mass is 35.5. The van der Waals surface area contributed by atoms with Crippen LogP contribution >= 0.6 is 11.6 Å². The third-order valence-electron chi connectivity index (χ3n) is 4.53. The Labute approximate surface area is 149 Å². The number of halogens is 1. The molecule has 7 nitrogen and oxygen atoms in total. The minimum Gasteiger partial charge on any atom is -0.311 e. The molecule has 1 amide bonds. The van der Waals surface area contributed by atoms with Gasteiger partial charge in [-0.3, -0.25) is 19.1 Å². The monoisotopic (exact) mass is 356 g/mol. The van der Waals surface area contributed by atoms with Crippen LogP contribution in [0.15, 0.2) is 24.4 Å². The first-order valence-electron chi connectivity index (χ1n) is 7.94. The molecule has 1 aliphatic heterocycles. The van der Waals surface area contributed by atoms with Crippen LogP contribution in [0.5, 0.6) is 0 Å². The summed E-state index contributed by atoms with van der Waals surface area (Å²) in [6.45, 7) is 1.91. The van der Waals surface area contributed by atoms with Gasteiger partial charge >= 0.3 is 0 Å². The number of nitrogens with one attached hydrogen (secondary N) is 1. The van der Waals surface area contributed by atoms with Gasteiger partial charge in [-0.1, -0.05) is 17.7 Å². The van der Waals surface area contributed by atoms with Crippen molar-refractivity contribution in [2.75, 3.05) is 5.32 Å². The first-order chi connectivity index (χ1) is 12.0. The summed E-state index contributed by atoms with van der Waals surface area (Å²) in [6.07, 6.45) is 2.03. The summed E-state index contributed by atoms with van der Waals surface area (Å²) >= 11 is 6.49. The molecule has 3 aromatic heterocycles. The van der Waals surface area contributed by atoms with E-state index < -0.39 is 0 Å². The summed E-state index contributed by atoms with van der Waals surface area (Å²) in [6, 6.07) is 5.69. The molecule has 4 heterocycles. The minimum absolute atomic E-state index is 0.0626. The van der Waals surface area contributed by atoms with Gasteiger partial charge in [-0.15, -0.1) is 0 Å². The molecule has 8 heteroatoms. The molecule has 0 radical (unpaired) electrons. The van der Waals surface area contributed by atoms with Crippen LogP contribution in [0, 0.1) is 6.92 Å². The first kappa shape index (κ1) is 15.8. The summed E-state index contributed by atoms with van der Waals surface area (Å²) in [4.78, 5) is 16.7. The van der Waals surface area contributed by atoms with Crippen LogP contribution in [-0.2, 0) is 18.9 Å². The molecule has 25 heavy (non-hydrogen) atoms. The Hall–Kier alpha value is -2.67. The lowest BCUT2D eigenvalue weighted by molar-refractivity contribution is -0.116. The van der Waals surface area contributed by atoms with Crippen molar-refractivity contribution in [2.24, 2.45) is 14.1 Å². The van der Waals surface area contributed by atoms with Crippen LogP contribution in [0.1, 0.15) is 29.2 Å². The van der Waals surface area contributed by atoms with E-state index in [9.17, 15) is 4.79 Å². The number of hydrogen-bond donors (Lipinski definition) is 1. The zero-order chi connectivity index (χ0) is 17.7. The standard InChI is InChI=1S/C17H17ClN6O/c1-9-13(16(18)23(2)21-9)10-8-12(25)20-17-14(10)15(22-24(17)3)11-6-4-5-7-19-11/h4-7,10H,8H2,1-3H3,(H,20,25). The van der Waals surface area contributed by atoms with Gasteiger partial charge in [0.2, 0.25) is 5.91 Å². The molecule has 0 aliphatic carbocycles. The number of rotatable bonds is 2. The molecule has 1 aliphatic rings. The van der Waals surface area contributed by atoms with Crippen LogP contribution < -0.4 is 5.32 Å². The van der Waals surface area contributed by atoms with Gasteiger partial charge in [0.15, 0.2) is 0 Å². The normalized spacial score (nSPS) is 16.6. The largest absolute Gasteiger partial charge is 0.311 e. The topological polar surface area (TPSA) is 77.6 Å². The van der Waals surface area contributed by atoms with Crippen molar-refractivity contribution in [3.05, 3.63) is 46.4 Å². The Kier molecular flexibility index (Phi) is 3.61. The number of amides is 1. The molecule has 1 unspecified atom stereocenters. The second-order valence-electron chi connectivity index (χ2n) is 6.17. The number of hydrogen-bond acceptors (Lipinski definition) is 4. The van der Waals surface area contributed by atoms with E-state index in [0.717, 1.165) is 28.2 Å². The Morgan fingerprint density at radius 3 is 2.64 bits per heavy atom. The Bertz CT molecular complexity index is 975. The van der Waals surface area contributed by atoms with Gasteiger partial charge in [0, 0.05) is 43.8 Å². The fourth-order valence-electron chi connectivity index (χ4n) is 3.47. The SMILES string of the molecule is Cc1nn(C)c(Cl)c1C1CC(=O)Nc2c1c(-c1ccccn1)nn2C. The van der Waals surface area contributed by atoms with Crippen LogP contribution in [-0.4, -0.2) is 30.5 Å². The lowest BCUT2D eigenvalue weighted by Gasteiger charge is -2.24. The summed E-state index contributed by atoms with van der Waals surface area (Å²) in [5.74, 6) is 0.407. The number of nitrogens with zero attached hydrogens (tertiary/aromatic N) is 5. The fourth-order valence-corrected chi connectivity index (χ4v) is 3.78. The summed E-state index contributed by atoms with van der Waals surface area (Å²) in [5.41, 5.74) is 4.12. The predicted octanol–water partition coefficient (Wildman–Crippen LogP) is 2.65. The first-order valence-corrected chi connectivity index (χ1v) is 8.32. The van der Waals surface area contributed by atoms with E-state index in [1.54, 1.807) is 22.6 Å². The Balaban J connectivity index is 1.98. The maximum absolute atomic E-state index is 12.3. The van der Waals surface area contributed by atoms with Crippen molar-refractivity contribution < 1.29 is 4.79 Å². The zero-order valence-corrected chi connectivity index (χ0v) is 14.9. The van der Waals surface area contributed by atoms with Gasteiger partial charge < -0.3 is 5.32 Å². The van der Waals surface area contributed by atoms with E-state index >= 15 is 0 Å². The molecule has 0 bridgehead atoms. The average molecular weight is 357 g/mol. The smallest absolute Gasteiger partial charge is 0.226 e. The molecule has 0 saturated carbocycles. The number of pyridine rings is 1. The van der Waals surface area contributed by atoms with E-state index in [4.69, 9.17) is 11.6 Å². The van der Waals surface area contributed by atoms with Crippen molar-refractivity contribution in [3.8, 4) is 11.4 Å². The maximum Gasteiger partial charge on any atom is 0.226 e. The quantitative estimate of drug-likeness (QED) is 0.765. The highest BCUT2D eigenvalue weighted by Gasteiger charge is 2.36. The molecular weight excluding hydrogens is 340 g/mol. The predicted molar refractivity (Wildman–Crippen MR) is 94.5 cm³/mol. The third kappa shape index (κ3) is 2.42. The van der Waals surface area contributed by atoms with Gasteiger partial charge in [0.05, 0.1) is 11.4 Å². The lowest BCUT2D eigenvalue weighted by atomic mass is 9.85. The number of anilines is 1. The van der Waals surface area contributed by atoms with Crippen LogP contribution in [0.25, 0.3) is 11.4 Å². The molecular formula is C17H17ClN6O. The number of fused-ring (bicyclic) bond motifs is 1. The number of carbonyl (C=O) groups is 1. The van der Waals surface area contributed by atoms with E-state index in [1.807, 2.05) is 32.2 Å². The molecule has 128 valence electrons. The third-order valence-corrected chi connectivity index (χ3v) is 4.98. The van der Waals surface area contributed by atoms with Crippen LogP contribution in [0.4, 0.5) is 5.82 Å². The van der Waals surface area contributed by atoms with Gasteiger partial charge in [-0.25, -0.2) is 0 Å². The molecule has 4 rings (SSSR count). The van der Waals surface area contributed by atoms with Crippen molar-refractivity contribution in [3.63, 3.8) is 0 Å². The Morgan fingerprint density at radius 2 is 2.00 bits per heavy atom. The van der Waals surface area contributed by atoms with Gasteiger partial charge in [0.25, 0.3) is 0 Å². The van der Waals surface area contributed by atoms with Gasteiger partial charge in [-0.2, -0.15) is 10.2 Å². The van der Waals surface area contributed by atoms with Crippen molar-refractivity contribution in [1.29, 1.82) is 0 Å². The molecule has 1 N–H and O–H groups in total. The molecule has 0 spiro atoms. The molecule has 0 fully saturated rings. The van der Waals surface area contributed by atoms with E-state index in [1.165, 1.54) is 0 Å². The molecule has 0 aromatic carbocycles. The number of aromatic nitrogens is 5. The summed E-state index contributed by atoms with van der Waals surface area (Å²) in [5, 5.41) is 12.5. The van der Waals surface area contributed by atoms with Crippen LogP contribution in [0.3, 0.4) is 0 Å². The van der Waals surface area contributed by atoms with Crippen molar-refractivity contribution in [1.82, 2.24) is 24.5 Å². The van der Waals surface area contributed by atoms with Gasteiger partial charge in [-0.05, 0) is 19.1 Å². The fraction of sp³-hybridized carbons (Fsp3) is 0.294. The van der Waals surface area contributed by atoms with Crippen molar-refractivity contribution >= 4 is 23.3 Å². The summed E-state index contributed by atoms with van der Waals surface area (Å²) in [7, 11) is 3.61. The highest BCUT2D eigenvalue weighted by molar-refractivity contribution is 6.30. The second kappa shape index (κ2) is 5.70. The Morgan fingerprint density at radius 1 is 1.20 bits per heavy atom. The zero-order valence-electron chi connectivity index (χ0n) is 14.1. The lowest BCUT2D eigenvalue weighted by Crippen LogP contribution is -2.25. The maximum atomic E-state index is 12.3. The molecule has 1 atom stereocenters. The number of carbonyl (C=O) groups excluding carboxylic acids is 1. The average Bonchev–Trinajstić information content (AvgIpc) is 3.05. The number of aryl methyl sites for hydroxylation is 3. The minimum atomic E-state index is -0.212. The van der Waals surface area contributed by atoms with Crippen molar-refractivity contribution in [2.45, 2.75) is 19.3 Å². The van der Waals surface area contributed by atoms with Crippen LogP contribution in [0.2, 0.25) is 5.15 Å². The second-order valence-corrected chi connectivity index (χ2v) is 6.53. The van der Waals surface area contributed by atoms with Gasteiger partial charge in [0.1, 0.15) is 16.7 Å². The van der Waals surface area contributed by atoms with E-state index in [2.05, 4.69) is 20.5 Å². The summed E-state index contributed by atoms with van der Waals surface area (Å²) < 4.78 is 3.32. The molecule has 0 saturated heterocycles. The highest BCUT2D eigenvalue weighted by Crippen LogP contribution is 2.44. The van der Waals surface area contributed by atoms with E-state index in [0.29, 0.717) is 17.4 Å². The molecule has 3 aromatic rings. The van der Waals surface area contributed by atoms with E-state index in [-0.39, 0.29) is 11.8 Å².